The van der Waals surface area contributed by atoms with E-state index in [2.05, 4.69) is 11.3 Å². The third-order valence-corrected chi connectivity index (χ3v) is 2.33. The van der Waals surface area contributed by atoms with Gasteiger partial charge in [-0.3, -0.25) is 11.3 Å². The molecule has 0 bridgehead atoms. The number of hydrazine groups is 1. The lowest BCUT2D eigenvalue weighted by Gasteiger charge is -2.16. The second kappa shape index (κ2) is 5.62. The van der Waals surface area contributed by atoms with Gasteiger partial charge in [0.1, 0.15) is 5.75 Å². The molecule has 0 aliphatic carbocycles. The molecule has 80 valence electrons. The summed E-state index contributed by atoms with van der Waals surface area (Å²) in [6.45, 7) is 0. The second-order valence-corrected chi connectivity index (χ2v) is 3.45. The van der Waals surface area contributed by atoms with E-state index in [1.54, 1.807) is 19.2 Å². The fraction of sp³-hybridized carbons (Fsp3) is 0.273. The van der Waals surface area contributed by atoms with Gasteiger partial charge in [0.2, 0.25) is 0 Å². The zero-order valence-corrected chi connectivity index (χ0v) is 9.21. The van der Waals surface area contributed by atoms with Gasteiger partial charge in [0.05, 0.1) is 13.2 Å². The molecule has 0 amide bonds. The molecule has 1 aromatic carbocycles. The smallest absolute Gasteiger partial charge is 0.125 e. The average molecular weight is 225 g/mol. The Labute approximate surface area is 94.5 Å². The molecule has 0 saturated heterocycles. The Bertz CT molecular complexity index is 373. The van der Waals surface area contributed by atoms with Crippen molar-refractivity contribution in [1.29, 1.82) is 0 Å². The molecule has 1 atom stereocenters. The van der Waals surface area contributed by atoms with E-state index >= 15 is 0 Å². The third-order valence-electron chi connectivity index (χ3n) is 2.09. The van der Waals surface area contributed by atoms with E-state index in [1.807, 2.05) is 6.07 Å². The van der Waals surface area contributed by atoms with Crippen LogP contribution in [0.15, 0.2) is 18.2 Å². The molecule has 4 heteroatoms. The molecular weight excluding hydrogens is 212 g/mol. The first-order chi connectivity index (χ1) is 7.22. The zero-order chi connectivity index (χ0) is 11.3. The topological polar surface area (TPSA) is 47.3 Å². The first kappa shape index (κ1) is 11.9. The minimum Gasteiger partial charge on any atom is -0.496 e. The summed E-state index contributed by atoms with van der Waals surface area (Å²) < 4.78 is 5.21. The largest absolute Gasteiger partial charge is 0.496 e. The maximum Gasteiger partial charge on any atom is 0.125 e. The number of hydrogen-bond donors (Lipinski definition) is 2. The van der Waals surface area contributed by atoms with E-state index in [0.717, 1.165) is 5.56 Å². The van der Waals surface area contributed by atoms with Crippen LogP contribution in [0.5, 0.6) is 5.75 Å². The van der Waals surface area contributed by atoms with Gasteiger partial charge in [-0.25, -0.2) is 0 Å². The van der Waals surface area contributed by atoms with Crippen LogP contribution in [-0.4, -0.2) is 7.11 Å². The van der Waals surface area contributed by atoms with Gasteiger partial charge in [-0.05, 0) is 12.1 Å². The molecular formula is C11H13ClN2O. The van der Waals surface area contributed by atoms with E-state index in [4.69, 9.17) is 28.6 Å². The number of ether oxygens (including phenoxy) is 1. The van der Waals surface area contributed by atoms with Gasteiger partial charge in [-0.15, -0.1) is 12.3 Å². The third kappa shape index (κ3) is 2.87. The number of terminal acetylenes is 1. The lowest BCUT2D eigenvalue weighted by atomic mass is 10.0. The summed E-state index contributed by atoms with van der Waals surface area (Å²) in [6, 6.07) is 5.24. The summed E-state index contributed by atoms with van der Waals surface area (Å²) in [5.74, 6) is 8.65. The maximum absolute atomic E-state index is 5.85. The molecule has 3 nitrogen and oxygen atoms in total. The predicted molar refractivity (Wildman–Crippen MR) is 61.5 cm³/mol. The SMILES string of the molecule is C#CCC(NN)c1ccc(Cl)cc1OC. The Morgan fingerprint density at radius 2 is 2.40 bits per heavy atom. The Kier molecular flexibility index (Phi) is 4.44. The number of hydrogen-bond acceptors (Lipinski definition) is 3. The molecule has 0 aromatic heterocycles. The zero-order valence-electron chi connectivity index (χ0n) is 8.46. The number of nitrogens with two attached hydrogens (primary N) is 1. The fourth-order valence-corrected chi connectivity index (χ4v) is 1.51. The highest BCUT2D eigenvalue weighted by molar-refractivity contribution is 6.30. The molecule has 3 N–H and O–H groups in total. The average Bonchev–Trinajstić information content (AvgIpc) is 2.26. The highest BCUT2D eigenvalue weighted by atomic mass is 35.5. The Morgan fingerprint density at radius 3 is 2.93 bits per heavy atom. The van der Waals surface area contributed by atoms with Gasteiger partial charge in [-0.1, -0.05) is 17.7 Å². The van der Waals surface area contributed by atoms with E-state index in [0.29, 0.717) is 17.2 Å². The van der Waals surface area contributed by atoms with Crippen molar-refractivity contribution in [3.05, 3.63) is 28.8 Å². The number of methoxy groups -OCH3 is 1. The van der Waals surface area contributed by atoms with Crippen LogP contribution in [0.2, 0.25) is 5.02 Å². The number of benzene rings is 1. The lowest BCUT2D eigenvalue weighted by Crippen LogP contribution is -2.28. The minimum atomic E-state index is -0.123. The molecule has 0 aliphatic heterocycles. The molecule has 0 heterocycles. The van der Waals surface area contributed by atoms with Gasteiger partial charge in [0.25, 0.3) is 0 Å². The summed E-state index contributed by atoms with van der Waals surface area (Å²) in [4.78, 5) is 0. The van der Waals surface area contributed by atoms with Crippen LogP contribution in [0.3, 0.4) is 0 Å². The molecule has 0 spiro atoms. The van der Waals surface area contributed by atoms with Crippen LogP contribution in [0.25, 0.3) is 0 Å². The van der Waals surface area contributed by atoms with Crippen molar-refractivity contribution in [2.75, 3.05) is 7.11 Å². The molecule has 0 radical (unpaired) electrons. The highest BCUT2D eigenvalue weighted by Crippen LogP contribution is 2.29. The second-order valence-electron chi connectivity index (χ2n) is 3.01. The molecule has 15 heavy (non-hydrogen) atoms. The quantitative estimate of drug-likeness (QED) is 0.466. The monoisotopic (exact) mass is 224 g/mol. The standard InChI is InChI=1S/C11H13ClN2O/c1-3-4-10(14-13)9-6-5-8(12)7-11(9)15-2/h1,5-7,10,14H,4,13H2,2H3. The van der Waals surface area contributed by atoms with Crippen molar-refractivity contribution in [2.45, 2.75) is 12.5 Å². The van der Waals surface area contributed by atoms with Crippen LogP contribution < -0.4 is 16.0 Å². The van der Waals surface area contributed by atoms with Gasteiger partial charge in [-0.2, -0.15) is 0 Å². The Balaban J connectivity index is 3.06. The lowest BCUT2D eigenvalue weighted by molar-refractivity contribution is 0.400. The first-order valence-electron chi connectivity index (χ1n) is 4.46. The number of rotatable bonds is 4. The van der Waals surface area contributed by atoms with Crippen molar-refractivity contribution in [3.8, 4) is 18.1 Å². The number of nitrogens with one attached hydrogen (secondary N) is 1. The fourth-order valence-electron chi connectivity index (χ4n) is 1.35. The van der Waals surface area contributed by atoms with E-state index < -0.39 is 0 Å². The highest BCUT2D eigenvalue weighted by Gasteiger charge is 2.13. The van der Waals surface area contributed by atoms with Gasteiger partial charge in [0, 0.05) is 17.0 Å². The van der Waals surface area contributed by atoms with Crippen molar-refractivity contribution in [1.82, 2.24) is 5.43 Å². The van der Waals surface area contributed by atoms with Gasteiger partial charge in [0.15, 0.2) is 0 Å². The van der Waals surface area contributed by atoms with Gasteiger partial charge < -0.3 is 4.74 Å². The predicted octanol–water partition coefficient (Wildman–Crippen LogP) is 1.88. The van der Waals surface area contributed by atoms with Crippen molar-refractivity contribution in [3.63, 3.8) is 0 Å². The summed E-state index contributed by atoms with van der Waals surface area (Å²) in [7, 11) is 1.58. The Morgan fingerprint density at radius 1 is 1.67 bits per heavy atom. The number of halogens is 1. The summed E-state index contributed by atoms with van der Waals surface area (Å²) in [5, 5.41) is 0.618. The molecule has 1 unspecified atom stereocenters. The van der Waals surface area contributed by atoms with Crippen molar-refractivity contribution < 1.29 is 4.74 Å². The van der Waals surface area contributed by atoms with E-state index in [-0.39, 0.29) is 6.04 Å². The molecule has 1 rings (SSSR count). The maximum atomic E-state index is 5.85. The molecule has 0 aliphatic rings. The summed E-state index contributed by atoms with van der Waals surface area (Å²) >= 11 is 5.85. The first-order valence-corrected chi connectivity index (χ1v) is 4.83. The van der Waals surface area contributed by atoms with Crippen LogP contribution in [0, 0.1) is 12.3 Å². The molecule has 0 saturated carbocycles. The minimum absolute atomic E-state index is 0.123. The van der Waals surface area contributed by atoms with E-state index in [1.165, 1.54) is 0 Å². The van der Waals surface area contributed by atoms with Crippen LogP contribution in [0.4, 0.5) is 0 Å². The van der Waals surface area contributed by atoms with Crippen molar-refractivity contribution >= 4 is 11.6 Å². The van der Waals surface area contributed by atoms with Gasteiger partial charge >= 0.3 is 0 Å². The normalized spacial score (nSPS) is 11.9. The Hall–Kier alpha value is -1.21. The van der Waals surface area contributed by atoms with Crippen LogP contribution >= 0.6 is 11.6 Å². The van der Waals surface area contributed by atoms with E-state index in [9.17, 15) is 0 Å². The van der Waals surface area contributed by atoms with Crippen LogP contribution in [-0.2, 0) is 0 Å². The van der Waals surface area contributed by atoms with Crippen LogP contribution in [0.1, 0.15) is 18.0 Å². The molecule has 1 aromatic rings. The van der Waals surface area contributed by atoms with Crippen molar-refractivity contribution in [2.24, 2.45) is 5.84 Å². The summed E-state index contributed by atoms with van der Waals surface area (Å²) in [6.07, 6.45) is 5.75. The summed E-state index contributed by atoms with van der Waals surface area (Å²) in [5.41, 5.74) is 3.55. The molecule has 0 fully saturated rings.